The number of ether oxygens (including phenoxy) is 8. The number of nitrogens with one attached hydrogen (secondary N) is 1. The molecule has 18 heteroatoms. The lowest BCUT2D eigenvalue weighted by atomic mass is 9.94. The minimum atomic E-state index is -2.10. The fourth-order valence-electron chi connectivity index (χ4n) is 5.45. The van der Waals surface area contributed by atoms with Crippen molar-refractivity contribution in [1.29, 1.82) is 0 Å². The number of carbonyl (C=O) groups is 2. The van der Waals surface area contributed by atoms with E-state index in [0.29, 0.717) is 0 Å². The van der Waals surface area contributed by atoms with E-state index in [1.54, 1.807) is 0 Å². The second kappa shape index (κ2) is 14.3. The molecule has 4 aliphatic rings. The van der Waals surface area contributed by atoms with Gasteiger partial charge in [0.25, 0.3) is 5.79 Å². The Kier molecular flexibility index (Phi) is 11.3. The molecule has 4 saturated heterocycles. The highest BCUT2D eigenvalue weighted by Gasteiger charge is 2.57. The molecular weight excluding hydrogens is 598 g/mol. The molecule has 0 spiro atoms. The van der Waals surface area contributed by atoms with Gasteiger partial charge in [0.05, 0.1) is 25.9 Å². The lowest BCUT2D eigenvalue weighted by molar-refractivity contribution is -0.395. The van der Waals surface area contributed by atoms with Crippen LogP contribution in [0.3, 0.4) is 0 Å². The van der Waals surface area contributed by atoms with E-state index in [1.165, 1.54) is 13.0 Å². The van der Waals surface area contributed by atoms with Crippen LogP contribution in [0.4, 0.5) is 0 Å². The number of hydrogen-bond acceptors (Lipinski definition) is 16. The first-order chi connectivity index (χ1) is 20.7. The number of rotatable bonds is 10. The average molecular weight is 640 g/mol. The molecule has 8 N–H and O–H groups in total. The molecule has 4 heterocycles. The highest BCUT2D eigenvalue weighted by atomic mass is 16.8. The molecule has 1 amide bonds. The Bertz CT molecular complexity index is 1020. The van der Waals surface area contributed by atoms with Gasteiger partial charge in [0, 0.05) is 13.8 Å². The topological polar surface area (TPSA) is 262 Å². The Morgan fingerprint density at radius 1 is 0.955 bits per heavy atom. The van der Waals surface area contributed by atoms with Crippen molar-refractivity contribution >= 4 is 11.9 Å². The number of aliphatic carboxylic acids is 1. The Hall–Kier alpha value is -1.88. The van der Waals surface area contributed by atoms with E-state index in [4.69, 9.17) is 37.9 Å². The van der Waals surface area contributed by atoms with Crippen LogP contribution in [-0.2, 0) is 47.5 Å². The fraction of sp³-hybridized carbons (Fsp3) is 0.846. The number of aliphatic hydroxyl groups is 6. The van der Waals surface area contributed by atoms with Crippen molar-refractivity contribution in [2.45, 2.75) is 119 Å². The standard InChI is InChI=1S/C26H41NO17/c1-5-6-37-23-18(34)21(14(30)9(2)39-23)43-22-13(27-10(3)29)15(31)19(11(7-28)40-22)42-24-17(33)16(32)20-12(41-24)8-38-26(4,44-20)25(35)36/h5,9,11-24,28,30-34H,1,6-8H2,2-4H3,(H,27,29)(H,35,36)/t9-,11+,12+,13+,14+,15+,16+,17+,18-,19+,20-,21+,22-,23+,24-,26?/m0/s1. The van der Waals surface area contributed by atoms with E-state index in [1.807, 2.05) is 0 Å². The molecule has 0 aromatic carbocycles. The normalized spacial score (nSPS) is 47.8. The van der Waals surface area contributed by atoms with Crippen molar-refractivity contribution in [2.24, 2.45) is 0 Å². The molecule has 0 aromatic rings. The summed E-state index contributed by atoms with van der Waals surface area (Å²) in [7, 11) is 0. The zero-order valence-electron chi connectivity index (χ0n) is 24.3. The Morgan fingerprint density at radius 3 is 2.25 bits per heavy atom. The molecule has 0 radical (unpaired) electrons. The number of amides is 1. The largest absolute Gasteiger partial charge is 0.477 e. The van der Waals surface area contributed by atoms with Gasteiger partial charge in [-0.05, 0) is 6.92 Å². The van der Waals surface area contributed by atoms with Crippen LogP contribution in [0.25, 0.3) is 0 Å². The Balaban J connectivity index is 1.51. The van der Waals surface area contributed by atoms with Gasteiger partial charge in [0.2, 0.25) is 5.91 Å². The summed E-state index contributed by atoms with van der Waals surface area (Å²) in [5.41, 5.74) is 0. The molecule has 16 atom stereocenters. The summed E-state index contributed by atoms with van der Waals surface area (Å²) in [5, 5.41) is 76.5. The second-order valence-corrected chi connectivity index (χ2v) is 11.1. The summed E-state index contributed by atoms with van der Waals surface area (Å²) in [6, 6.07) is -1.42. The maximum Gasteiger partial charge on any atom is 0.364 e. The first kappa shape index (κ1) is 35.0. The average Bonchev–Trinajstić information content (AvgIpc) is 2.97. The molecular formula is C26H41NO17. The van der Waals surface area contributed by atoms with Crippen LogP contribution < -0.4 is 5.32 Å². The van der Waals surface area contributed by atoms with Gasteiger partial charge in [-0.2, -0.15) is 0 Å². The molecule has 4 rings (SSSR count). The van der Waals surface area contributed by atoms with E-state index in [-0.39, 0.29) is 13.2 Å². The van der Waals surface area contributed by atoms with Crippen molar-refractivity contribution in [3.8, 4) is 0 Å². The number of aliphatic hydroxyl groups excluding tert-OH is 6. The van der Waals surface area contributed by atoms with Gasteiger partial charge < -0.3 is 79.0 Å². The molecule has 0 aromatic heterocycles. The van der Waals surface area contributed by atoms with Crippen molar-refractivity contribution in [3.05, 3.63) is 12.7 Å². The number of carboxylic acid groups (broad SMARTS) is 1. The molecule has 0 bridgehead atoms. The van der Waals surface area contributed by atoms with Crippen molar-refractivity contribution in [1.82, 2.24) is 5.32 Å². The molecule has 44 heavy (non-hydrogen) atoms. The monoisotopic (exact) mass is 639 g/mol. The summed E-state index contributed by atoms with van der Waals surface area (Å²) in [5.74, 6) is -4.19. The van der Waals surface area contributed by atoms with Gasteiger partial charge in [-0.1, -0.05) is 6.08 Å². The van der Waals surface area contributed by atoms with Crippen molar-refractivity contribution in [3.63, 3.8) is 0 Å². The first-order valence-corrected chi connectivity index (χ1v) is 14.1. The number of carbonyl (C=O) groups excluding carboxylic acids is 1. The van der Waals surface area contributed by atoms with E-state index in [9.17, 15) is 45.3 Å². The zero-order valence-corrected chi connectivity index (χ0v) is 24.3. The number of fused-ring (bicyclic) bond motifs is 1. The number of carboxylic acids is 1. The van der Waals surface area contributed by atoms with E-state index in [2.05, 4.69) is 11.9 Å². The number of hydrogen-bond donors (Lipinski definition) is 8. The van der Waals surface area contributed by atoms with E-state index in [0.717, 1.165) is 13.8 Å². The van der Waals surface area contributed by atoms with Crippen LogP contribution >= 0.6 is 0 Å². The summed E-state index contributed by atoms with van der Waals surface area (Å²) in [4.78, 5) is 23.6. The van der Waals surface area contributed by atoms with Gasteiger partial charge in [0.1, 0.15) is 67.1 Å². The second-order valence-electron chi connectivity index (χ2n) is 11.1. The molecule has 0 saturated carbocycles. The van der Waals surface area contributed by atoms with Gasteiger partial charge >= 0.3 is 5.97 Å². The van der Waals surface area contributed by atoms with Crippen LogP contribution in [0.1, 0.15) is 20.8 Å². The maximum atomic E-state index is 12.1. The van der Waals surface area contributed by atoms with Crippen molar-refractivity contribution < 1.29 is 83.2 Å². The predicted octanol–water partition coefficient (Wildman–Crippen LogP) is -4.33. The van der Waals surface area contributed by atoms with Gasteiger partial charge in [-0.15, -0.1) is 6.58 Å². The smallest absolute Gasteiger partial charge is 0.364 e. The summed E-state index contributed by atoms with van der Waals surface area (Å²) < 4.78 is 44.7. The summed E-state index contributed by atoms with van der Waals surface area (Å²) in [6.45, 7) is 6.19. The molecule has 0 aliphatic carbocycles. The van der Waals surface area contributed by atoms with Gasteiger partial charge in [0.15, 0.2) is 18.9 Å². The van der Waals surface area contributed by atoms with Gasteiger partial charge in [-0.3, -0.25) is 4.79 Å². The lowest BCUT2D eigenvalue weighted by Crippen LogP contribution is -2.70. The minimum Gasteiger partial charge on any atom is -0.477 e. The third-order valence-electron chi connectivity index (χ3n) is 7.88. The third-order valence-corrected chi connectivity index (χ3v) is 7.88. The van der Waals surface area contributed by atoms with Crippen LogP contribution in [0.15, 0.2) is 12.7 Å². The zero-order chi connectivity index (χ0) is 32.5. The van der Waals surface area contributed by atoms with Crippen LogP contribution in [0.2, 0.25) is 0 Å². The SMILES string of the molecule is C=CCO[C@@H]1O[C@@H](C)[C@@H](O)[C@@H](O[C@@H]2O[C@H](CO)[C@@H](O[C@@H]3O[C@@H]4COC(C)(C(=O)O)O[C@@H]4[C@H](O)[C@H]3O)[C@H](O)[C@H]2NC(C)=O)[C@@H]1O. The highest BCUT2D eigenvalue weighted by molar-refractivity contribution is 5.75. The summed E-state index contributed by atoms with van der Waals surface area (Å²) >= 11 is 0. The molecule has 1 unspecified atom stereocenters. The highest BCUT2D eigenvalue weighted by Crippen LogP contribution is 2.36. The molecule has 4 fully saturated rings. The van der Waals surface area contributed by atoms with Crippen LogP contribution in [0.5, 0.6) is 0 Å². The first-order valence-electron chi connectivity index (χ1n) is 14.1. The predicted molar refractivity (Wildman–Crippen MR) is 139 cm³/mol. The van der Waals surface area contributed by atoms with Gasteiger partial charge in [-0.25, -0.2) is 4.79 Å². The Labute approximate surface area is 251 Å². The third kappa shape index (κ3) is 7.08. The molecule has 252 valence electrons. The van der Waals surface area contributed by atoms with E-state index >= 15 is 0 Å². The lowest BCUT2D eigenvalue weighted by Gasteiger charge is -2.50. The maximum absolute atomic E-state index is 12.1. The fourth-order valence-corrected chi connectivity index (χ4v) is 5.45. The van der Waals surface area contributed by atoms with E-state index < -0.39 is 116 Å². The Morgan fingerprint density at radius 2 is 1.64 bits per heavy atom. The molecule has 18 nitrogen and oxygen atoms in total. The molecule has 4 aliphatic heterocycles. The summed E-state index contributed by atoms with van der Waals surface area (Å²) in [6.07, 6.45) is -18.8. The minimum absolute atomic E-state index is 0.0124. The quantitative estimate of drug-likeness (QED) is 0.105. The van der Waals surface area contributed by atoms with Crippen LogP contribution in [-0.4, -0.2) is 165 Å². The van der Waals surface area contributed by atoms with Crippen LogP contribution in [0, 0.1) is 0 Å². The van der Waals surface area contributed by atoms with Crippen molar-refractivity contribution in [2.75, 3.05) is 19.8 Å².